The largest absolute Gasteiger partial charge is 0.306 e. The van der Waals surface area contributed by atoms with Crippen LogP contribution in [0.5, 0.6) is 0 Å². The van der Waals surface area contributed by atoms with Crippen LogP contribution in [0.2, 0.25) is 5.02 Å². The zero-order valence-corrected chi connectivity index (χ0v) is 16.8. The van der Waals surface area contributed by atoms with Gasteiger partial charge >= 0.3 is 0 Å². The Balaban J connectivity index is 1.66. The van der Waals surface area contributed by atoms with Crippen LogP contribution in [0.3, 0.4) is 0 Å². The molecular formula is C20H22ClN3O3S. The molecule has 0 aromatic heterocycles. The van der Waals surface area contributed by atoms with Gasteiger partial charge in [0, 0.05) is 22.5 Å². The van der Waals surface area contributed by atoms with Crippen molar-refractivity contribution in [3.05, 3.63) is 70.9 Å². The molecule has 28 heavy (non-hydrogen) atoms. The third-order valence-corrected chi connectivity index (χ3v) is 6.09. The normalized spacial score (nSPS) is 14.2. The van der Waals surface area contributed by atoms with Gasteiger partial charge in [0.05, 0.1) is 4.90 Å². The van der Waals surface area contributed by atoms with E-state index in [4.69, 9.17) is 11.6 Å². The molecule has 0 radical (unpaired) electrons. The average Bonchev–Trinajstić information content (AvgIpc) is 2.70. The number of sulfonamides is 1. The van der Waals surface area contributed by atoms with Gasteiger partial charge in [-0.1, -0.05) is 29.7 Å². The van der Waals surface area contributed by atoms with E-state index < -0.39 is 15.9 Å². The van der Waals surface area contributed by atoms with E-state index in [1.54, 1.807) is 30.3 Å². The summed E-state index contributed by atoms with van der Waals surface area (Å²) in [4.78, 5) is 12.3. The van der Waals surface area contributed by atoms with Crippen LogP contribution >= 0.6 is 11.6 Å². The first kappa shape index (κ1) is 20.2. The Morgan fingerprint density at radius 1 is 1.00 bits per heavy atom. The van der Waals surface area contributed by atoms with Crippen LogP contribution in [0.25, 0.3) is 0 Å². The minimum absolute atomic E-state index is 0.000681. The Hall–Kier alpha value is -2.51. The van der Waals surface area contributed by atoms with Gasteiger partial charge in [0.15, 0.2) is 0 Å². The SMILES string of the molecule is O=C(NNC=C1CCCCC1)c1cccc(S(=O)(=O)Nc2ccc(Cl)cc2)c1. The Bertz CT molecular complexity index is 964. The van der Waals surface area contributed by atoms with E-state index in [0.717, 1.165) is 12.8 Å². The molecule has 0 heterocycles. The van der Waals surface area contributed by atoms with E-state index >= 15 is 0 Å². The zero-order chi connectivity index (χ0) is 20.0. The van der Waals surface area contributed by atoms with Gasteiger partial charge in [0.25, 0.3) is 15.9 Å². The number of benzene rings is 2. The Morgan fingerprint density at radius 3 is 2.43 bits per heavy atom. The molecule has 0 aliphatic heterocycles. The number of allylic oxidation sites excluding steroid dienone is 1. The molecule has 0 bridgehead atoms. The van der Waals surface area contributed by atoms with Crippen LogP contribution in [0.4, 0.5) is 5.69 Å². The van der Waals surface area contributed by atoms with Crippen LogP contribution < -0.4 is 15.6 Å². The van der Waals surface area contributed by atoms with E-state index in [0.29, 0.717) is 10.7 Å². The number of halogens is 1. The third-order valence-electron chi connectivity index (χ3n) is 4.46. The van der Waals surface area contributed by atoms with Crippen LogP contribution in [0.1, 0.15) is 42.5 Å². The van der Waals surface area contributed by atoms with E-state index in [1.807, 2.05) is 6.20 Å². The summed E-state index contributed by atoms with van der Waals surface area (Å²) in [5.74, 6) is -0.406. The molecule has 3 N–H and O–H groups in total. The molecule has 2 aromatic carbocycles. The lowest BCUT2D eigenvalue weighted by Crippen LogP contribution is -2.34. The maximum Gasteiger partial charge on any atom is 0.269 e. The van der Waals surface area contributed by atoms with Crippen molar-refractivity contribution in [2.45, 2.75) is 37.0 Å². The van der Waals surface area contributed by atoms with Crippen molar-refractivity contribution in [1.29, 1.82) is 0 Å². The summed E-state index contributed by atoms with van der Waals surface area (Å²) in [6, 6.07) is 12.2. The second-order valence-corrected chi connectivity index (χ2v) is 8.72. The number of nitrogens with one attached hydrogen (secondary N) is 3. The van der Waals surface area contributed by atoms with Gasteiger partial charge in [-0.15, -0.1) is 0 Å². The molecule has 2 aromatic rings. The second kappa shape index (κ2) is 9.12. The summed E-state index contributed by atoms with van der Waals surface area (Å²) in [7, 11) is -3.83. The van der Waals surface area contributed by atoms with Crippen molar-refractivity contribution in [2.75, 3.05) is 4.72 Å². The smallest absolute Gasteiger partial charge is 0.269 e. The van der Waals surface area contributed by atoms with Crippen molar-refractivity contribution in [2.24, 2.45) is 0 Å². The number of anilines is 1. The Morgan fingerprint density at radius 2 is 1.71 bits per heavy atom. The fraction of sp³-hybridized carbons (Fsp3) is 0.250. The highest BCUT2D eigenvalue weighted by Crippen LogP contribution is 2.22. The third kappa shape index (κ3) is 5.50. The molecular weight excluding hydrogens is 398 g/mol. The fourth-order valence-electron chi connectivity index (χ4n) is 2.96. The lowest BCUT2D eigenvalue weighted by atomic mass is 9.96. The molecule has 8 heteroatoms. The monoisotopic (exact) mass is 419 g/mol. The highest BCUT2D eigenvalue weighted by atomic mass is 35.5. The maximum atomic E-state index is 12.6. The Labute approximate surface area is 170 Å². The predicted molar refractivity (Wildman–Crippen MR) is 110 cm³/mol. The molecule has 1 saturated carbocycles. The highest BCUT2D eigenvalue weighted by molar-refractivity contribution is 7.92. The molecule has 0 saturated heterocycles. The molecule has 1 aliphatic carbocycles. The summed E-state index contributed by atoms with van der Waals surface area (Å²) in [5, 5.41) is 0.511. The minimum atomic E-state index is -3.83. The van der Waals surface area contributed by atoms with Gasteiger partial charge in [-0.25, -0.2) is 8.42 Å². The standard InChI is InChI=1S/C20H22ClN3O3S/c21-17-9-11-18(12-10-17)24-28(26,27)19-8-4-7-16(13-19)20(25)23-22-14-15-5-2-1-3-6-15/h4,7-14,22,24H,1-3,5-6H2,(H,23,25). The number of hydrazine groups is 1. The van der Waals surface area contributed by atoms with E-state index in [2.05, 4.69) is 15.6 Å². The van der Waals surface area contributed by atoms with Gasteiger partial charge in [0.1, 0.15) is 0 Å². The average molecular weight is 420 g/mol. The minimum Gasteiger partial charge on any atom is -0.306 e. The topological polar surface area (TPSA) is 87.3 Å². The Kier molecular flexibility index (Phi) is 6.59. The first-order valence-corrected chi connectivity index (χ1v) is 10.9. The lowest BCUT2D eigenvalue weighted by molar-refractivity contribution is 0.0940. The number of carbonyl (C=O) groups is 1. The number of rotatable bonds is 6. The van der Waals surface area contributed by atoms with Crippen LogP contribution in [0.15, 0.2) is 65.2 Å². The lowest BCUT2D eigenvalue weighted by Gasteiger charge is -2.14. The molecule has 0 atom stereocenters. The van der Waals surface area contributed by atoms with Crippen molar-refractivity contribution < 1.29 is 13.2 Å². The summed E-state index contributed by atoms with van der Waals surface area (Å²) < 4.78 is 27.6. The maximum absolute atomic E-state index is 12.6. The number of amides is 1. The zero-order valence-electron chi connectivity index (χ0n) is 15.2. The quantitative estimate of drug-likeness (QED) is 0.611. The summed E-state index contributed by atoms with van der Waals surface area (Å²) >= 11 is 5.82. The van der Waals surface area contributed by atoms with E-state index in [-0.39, 0.29) is 10.5 Å². The molecule has 1 aliphatic rings. The van der Waals surface area contributed by atoms with Gasteiger partial charge in [-0.2, -0.15) is 0 Å². The van der Waals surface area contributed by atoms with Crippen LogP contribution in [0, 0.1) is 0 Å². The molecule has 3 rings (SSSR count). The predicted octanol–water partition coefficient (Wildman–Crippen LogP) is 4.22. The van der Waals surface area contributed by atoms with Gasteiger partial charge in [-0.05, 0) is 68.1 Å². The molecule has 148 valence electrons. The van der Waals surface area contributed by atoms with Gasteiger partial charge < -0.3 is 5.43 Å². The molecule has 1 fully saturated rings. The number of carbonyl (C=O) groups excluding carboxylic acids is 1. The van der Waals surface area contributed by atoms with Gasteiger partial charge in [0.2, 0.25) is 0 Å². The number of hydrogen-bond donors (Lipinski definition) is 3. The van der Waals surface area contributed by atoms with E-state index in [1.165, 1.54) is 43.0 Å². The summed E-state index contributed by atoms with van der Waals surface area (Å²) in [6.45, 7) is 0. The summed E-state index contributed by atoms with van der Waals surface area (Å²) in [6.07, 6.45) is 7.47. The van der Waals surface area contributed by atoms with Crippen molar-refractivity contribution in [3.8, 4) is 0 Å². The molecule has 0 unspecified atom stereocenters. The number of hydrogen-bond acceptors (Lipinski definition) is 4. The van der Waals surface area contributed by atoms with Crippen molar-refractivity contribution in [1.82, 2.24) is 10.9 Å². The highest BCUT2D eigenvalue weighted by Gasteiger charge is 2.16. The first-order chi connectivity index (χ1) is 13.4. The molecule has 6 nitrogen and oxygen atoms in total. The second-order valence-electron chi connectivity index (χ2n) is 6.60. The van der Waals surface area contributed by atoms with Crippen LogP contribution in [-0.2, 0) is 10.0 Å². The fourth-order valence-corrected chi connectivity index (χ4v) is 4.19. The summed E-state index contributed by atoms with van der Waals surface area (Å²) in [5.41, 5.74) is 7.31. The van der Waals surface area contributed by atoms with Crippen molar-refractivity contribution in [3.63, 3.8) is 0 Å². The molecule has 0 spiro atoms. The molecule has 1 amide bonds. The first-order valence-electron chi connectivity index (χ1n) is 9.06. The van der Waals surface area contributed by atoms with E-state index in [9.17, 15) is 13.2 Å². The van der Waals surface area contributed by atoms with Gasteiger partial charge in [-0.3, -0.25) is 14.9 Å². The van der Waals surface area contributed by atoms with Crippen LogP contribution in [-0.4, -0.2) is 14.3 Å². The van der Waals surface area contributed by atoms with Crippen molar-refractivity contribution >= 4 is 33.2 Å².